The molecule has 0 bridgehead atoms. The first-order valence-corrected chi connectivity index (χ1v) is 10.5. The molecule has 7 heteroatoms. The third-order valence-electron chi connectivity index (χ3n) is 6.05. The lowest BCUT2D eigenvalue weighted by molar-refractivity contribution is -0.151. The summed E-state index contributed by atoms with van der Waals surface area (Å²) in [4.78, 5) is 39.1. The highest BCUT2D eigenvalue weighted by Gasteiger charge is 2.47. The van der Waals surface area contributed by atoms with Crippen molar-refractivity contribution in [1.29, 1.82) is 0 Å². The minimum atomic E-state index is -0.949. The van der Waals surface area contributed by atoms with Gasteiger partial charge >= 0.3 is 11.9 Å². The molecule has 7 nitrogen and oxygen atoms in total. The number of ketones is 1. The number of benzene rings is 1. The van der Waals surface area contributed by atoms with E-state index in [1.54, 1.807) is 26.0 Å². The second-order valence-electron chi connectivity index (χ2n) is 8.25. The number of aromatic hydroxyl groups is 1. The van der Waals surface area contributed by atoms with Crippen LogP contribution in [0.3, 0.4) is 0 Å². The van der Waals surface area contributed by atoms with Crippen LogP contribution in [-0.4, -0.2) is 36.0 Å². The number of esters is 2. The van der Waals surface area contributed by atoms with Gasteiger partial charge in [-0.15, -0.1) is 0 Å². The van der Waals surface area contributed by atoms with Crippen LogP contribution in [0, 0.1) is 11.8 Å². The van der Waals surface area contributed by atoms with Gasteiger partial charge in [0.1, 0.15) is 11.7 Å². The Labute approximate surface area is 182 Å². The number of carbonyl (C=O) groups excluding carboxylic acids is 3. The molecule has 3 rings (SSSR count). The van der Waals surface area contributed by atoms with Gasteiger partial charge in [-0.05, 0) is 50.3 Å². The molecular weight excluding hydrogens is 398 g/mol. The highest BCUT2D eigenvalue weighted by atomic mass is 16.5. The molecule has 1 aromatic carbocycles. The molecule has 1 aliphatic carbocycles. The van der Waals surface area contributed by atoms with Gasteiger partial charge in [0.05, 0.1) is 18.8 Å². The number of phenols is 1. The minimum Gasteiger partial charge on any atom is -0.508 e. The van der Waals surface area contributed by atoms with Crippen molar-refractivity contribution in [1.82, 2.24) is 5.32 Å². The van der Waals surface area contributed by atoms with Crippen LogP contribution in [0.25, 0.3) is 0 Å². The second-order valence-corrected chi connectivity index (χ2v) is 8.25. The van der Waals surface area contributed by atoms with Crippen LogP contribution in [-0.2, 0) is 23.9 Å². The predicted octanol–water partition coefficient (Wildman–Crippen LogP) is 3.35. The van der Waals surface area contributed by atoms with Crippen LogP contribution in [0.2, 0.25) is 0 Å². The molecule has 0 radical (unpaired) electrons. The average Bonchev–Trinajstić information content (AvgIpc) is 2.72. The SMILES string of the molecule is CC[C@H](C)OC(=O)C1=C(C)NC2=C(C(=O)[C@H](C(=O)OC)[C@@H](C)C2)[C@@H]1c1cccc(O)c1. The molecule has 0 saturated heterocycles. The molecule has 166 valence electrons. The molecule has 2 N–H and O–H groups in total. The summed E-state index contributed by atoms with van der Waals surface area (Å²) in [6.07, 6.45) is 0.816. The Hall–Kier alpha value is -3.09. The maximum atomic E-state index is 13.6. The number of methoxy groups -OCH3 is 1. The van der Waals surface area contributed by atoms with Crippen molar-refractivity contribution in [3.8, 4) is 5.75 Å². The van der Waals surface area contributed by atoms with Crippen molar-refractivity contribution in [3.63, 3.8) is 0 Å². The molecule has 4 atom stereocenters. The third-order valence-corrected chi connectivity index (χ3v) is 6.05. The molecule has 31 heavy (non-hydrogen) atoms. The van der Waals surface area contributed by atoms with Crippen LogP contribution in [0.4, 0.5) is 0 Å². The number of allylic oxidation sites excluding steroid dienone is 3. The average molecular weight is 427 g/mol. The summed E-state index contributed by atoms with van der Waals surface area (Å²) in [5, 5.41) is 13.3. The number of hydrogen-bond acceptors (Lipinski definition) is 7. The topological polar surface area (TPSA) is 102 Å². The van der Waals surface area contributed by atoms with Crippen molar-refractivity contribution in [2.24, 2.45) is 11.8 Å². The summed E-state index contributed by atoms with van der Waals surface area (Å²) in [7, 11) is 1.26. The Morgan fingerprint density at radius 2 is 2.03 bits per heavy atom. The van der Waals surface area contributed by atoms with Gasteiger partial charge in [-0.1, -0.05) is 26.0 Å². The highest BCUT2D eigenvalue weighted by molar-refractivity contribution is 6.12. The molecule has 0 amide bonds. The molecular formula is C24H29NO6. The van der Waals surface area contributed by atoms with E-state index >= 15 is 0 Å². The Bertz CT molecular complexity index is 976. The molecule has 0 saturated carbocycles. The van der Waals surface area contributed by atoms with E-state index in [0.717, 1.165) is 0 Å². The number of ether oxygens (including phenoxy) is 2. The van der Waals surface area contributed by atoms with E-state index in [1.165, 1.54) is 19.2 Å². The van der Waals surface area contributed by atoms with E-state index in [0.29, 0.717) is 40.9 Å². The van der Waals surface area contributed by atoms with Crippen molar-refractivity contribution < 1.29 is 29.0 Å². The molecule has 2 aliphatic rings. The zero-order valence-corrected chi connectivity index (χ0v) is 18.5. The quantitative estimate of drug-likeness (QED) is 0.549. The summed E-state index contributed by atoms with van der Waals surface area (Å²) >= 11 is 0. The molecule has 0 fully saturated rings. The fourth-order valence-electron chi connectivity index (χ4n) is 4.32. The van der Waals surface area contributed by atoms with Crippen molar-refractivity contribution >= 4 is 17.7 Å². The summed E-state index contributed by atoms with van der Waals surface area (Å²) in [5.74, 6) is -3.43. The zero-order chi connectivity index (χ0) is 22.9. The lowest BCUT2D eigenvalue weighted by Crippen LogP contribution is -2.43. The van der Waals surface area contributed by atoms with Gasteiger partial charge in [-0.25, -0.2) is 4.79 Å². The molecule has 1 aromatic rings. The van der Waals surface area contributed by atoms with Gasteiger partial charge in [0.25, 0.3) is 0 Å². The Balaban J connectivity index is 2.17. The van der Waals surface area contributed by atoms with Gasteiger partial charge in [-0.2, -0.15) is 0 Å². The van der Waals surface area contributed by atoms with E-state index < -0.39 is 23.8 Å². The fourth-order valence-corrected chi connectivity index (χ4v) is 4.32. The smallest absolute Gasteiger partial charge is 0.337 e. The fraction of sp³-hybridized carbons (Fsp3) is 0.458. The van der Waals surface area contributed by atoms with E-state index in [2.05, 4.69) is 5.32 Å². The van der Waals surface area contributed by atoms with Crippen molar-refractivity contribution in [2.75, 3.05) is 7.11 Å². The van der Waals surface area contributed by atoms with Crippen molar-refractivity contribution in [3.05, 3.63) is 52.4 Å². The van der Waals surface area contributed by atoms with E-state index in [9.17, 15) is 19.5 Å². The number of carbonyl (C=O) groups is 3. The Kier molecular flexibility index (Phi) is 6.53. The third kappa shape index (κ3) is 4.22. The van der Waals surface area contributed by atoms with Crippen LogP contribution in [0.5, 0.6) is 5.75 Å². The number of phenolic OH excluding ortho intramolecular Hbond substituents is 1. The lowest BCUT2D eigenvalue weighted by atomic mass is 9.69. The van der Waals surface area contributed by atoms with E-state index in [-0.39, 0.29) is 23.6 Å². The summed E-state index contributed by atoms with van der Waals surface area (Å²) < 4.78 is 10.5. The highest BCUT2D eigenvalue weighted by Crippen LogP contribution is 2.46. The first-order chi connectivity index (χ1) is 14.7. The van der Waals surface area contributed by atoms with Gasteiger partial charge in [0.15, 0.2) is 5.78 Å². The number of rotatable bonds is 5. The van der Waals surface area contributed by atoms with E-state index in [4.69, 9.17) is 9.47 Å². The van der Waals surface area contributed by atoms with Gasteiger partial charge < -0.3 is 19.9 Å². The molecule has 1 heterocycles. The van der Waals surface area contributed by atoms with Gasteiger partial charge in [0, 0.05) is 22.9 Å². The minimum absolute atomic E-state index is 0.0200. The monoisotopic (exact) mass is 427 g/mol. The predicted molar refractivity (Wildman–Crippen MR) is 114 cm³/mol. The Morgan fingerprint density at radius 1 is 1.32 bits per heavy atom. The summed E-state index contributed by atoms with van der Waals surface area (Å²) in [6, 6.07) is 6.47. The normalized spacial score (nSPS) is 24.3. The molecule has 0 aromatic heterocycles. The number of Topliss-reactive ketones (excluding diaryl/α,β-unsaturated/α-hetero) is 1. The largest absolute Gasteiger partial charge is 0.508 e. The maximum absolute atomic E-state index is 13.6. The van der Waals surface area contributed by atoms with Crippen LogP contribution < -0.4 is 5.32 Å². The van der Waals surface area contributed by atoms with Crippen molar-refractivity contribution in [2.45, 2.75) is 52.6 Å². The molecule has 0 spiro atoms. The molecule has 1 aliphatic heterocycles. The van der Waals surface area contributed by atoms with Crippen LogP contribution >= 0.6 is 0 Å². The second kappa shape index (κ2) is 8.96. The maximum Gasteiger partial charge on any atom is 0.337 e. The number of hydrogen-bond donors (Lipinski definition) is 2. The standard InChI is InChI=1S/C24H29NO6/c1-6-13(3)31-24(29)19-14(4)25-17-10-12(2)18(23(28)30-5)22(27)21(17)20(19)15-8-7-9-16(26)11-15/h7-9,11-13,18,20,25-26H,6,10H2,1-5H3/t12-,13-,18+,20+/m0/s1. The zero-order valence-electron chi connectivity index (χ0n) is 18.5. The van der Waals surface area contributed by atoms with Gasteiger partial charge in [-0.3, -0.25) is 9.59 Å². The van der Waals surface area contributed by atoms with Crippen LogP contribution in [0.1, 0.15) is 52.0 Å². The summed E-state index contributed by atoms with van der Waals surface area (Å²) in [6.45, 7) is 7.33. The van der Waals surface area contributed by atoms with Gasteiger partial charge in [0.2, 0.25) is 0 Å². The Morgan fingerprint density at radius 3 is 2.65 bits per heavy atom. The number of dihydropyridines is 1. The van der Waals surface area contributed by atoms with Crippen LogP contribution in [0.15, 0.2) is 46.8 Å². The van der Waals surface area contributed by atoms with E-state index in [1.807, 2.05) is 13.8 Å². The number of nitrogens with one attached hydrogen (secondary N) is 1. The molecule has 0 unspecified atom stereocenters. The summed E-state index contributed by atoms with van der Waals surface area (Å²) in [5.41, 5.74) is 2.51. The lowest BCUT2D eigenvalue weighted by Gasteiger charge is -2.38. The first kappa shape index (κ1) is 22.6. The first-order valence-electron chi connectivity index (χ1n) is 10.5.